The summed E-state index contributed by atoms with van der Waals surface area (Å²) in [7, 11) is 0. The van der Waals surface area contributed by atoms with Gasteiger partial charge >= 0.3 is 6.01 Å². The Balaban J connectivity index is 2.29. The standard InChI is InChI=1S/C9H7F3N4O/c10-4-1-5(11)8(6(12)2-4)14-9-16-15-7(3-13)17-9/h1-2H,3,13H2,(H,14,16). The Labute approximate surface area is 93.4 Å². The van der Waals surface area contributed by atoms with Crippen LogP contribution in [-0.4, -0.2) is 10.2 Å². The Morgan fingerprint density at radius 2 is 1.82 bits per heavy atom. The second-order valence-corrected chi connectivity index (χ2v) is 3.07. The molecule has 0 aliphatic carbocycles. The third-order valence-corrected chi connectivity index (χ3v) is 1.88. The molecule has 3 N–H and O–H groups in total. The number of nitrogens with two attached hydrogens (primary N) is 1. The van der Waals surface area contributed by atoms with E-state index >= 15 is 0 Å². The molecule has 17 heavy (non-hydrogen) atoms. The maximum absolute atomic E-state index is 13.2. The predicted octanol–water partition coefficient (Wildman–Crippen LogP) is 1.69. The molecule has 8 heteroatoms. The van der Waals surface area contributed by atoms with Crippen LogP contribution in [0.1, 0.15) is 5.89 Å². The van der Waals surface area contributed by atoms with E-state index in [-0.39, 0.29) is 18.5 Å². The fourth-order valence-corrected chi connectivity index (χ4v) is 1.16. The van der Waals surface area contributed by atoms with Gasteiger partial charge in [-0.2, -0.15) is 0 Å². The molecule has 0 bridgehead atoms. The molecule has 1 aromatic heterocycles. The van der Waals surface area contributed by atoms with Crippen molar-refractivity contribution >= 4 is 11.7 Å². The molecule has 0 spiro atoms. The lowest BCUT2D eigenvalue weighted by Gasteiger charge is -2.04. The first-order valence-electron chi connectivity index (χ1n) is 4.54. The minimum atomic E-state index is -1.10. The molecule has 0 aliphatic rings. The SMILES string of the molecule is NCc1nnc(Nc2c(F)cc(F)cc2F)o1. The monoisotopic (exact) mass is 244 g/mol. The van der Waals surface area contributed by atoms with Gasteiger partial charge in [-0.1, -0.05) is 5.10 Å². The molecule has 2 rings (SSSR count). The van der Waals surface area contributed by atoms with Crippen LogP contribution in [0.25, 0.3) is 0 Å². The van der Waals surface area contributed by atoms with E-state index in [0.29, 0.717) is 12.1 Å². The molecule has 0 fully saturated rings. The van der Waals surface area contributed by atoms with Gasteiger partial charge in [-0.25, -0.2) is 13.2 Å². The molecule has 0 radical (unpaired) electrons. The van der Waals surface area contributed by atoms with Crippen molar-refractivity contribution < 1.29 is 17.6 Å². The van der Waals surface area contributed by atoms with Crippen LogP contribution in [0.3, 0.4) is 0 Å². The molecule has 0 saturated carbocycles. The second kappa shape index (κ2) is 4.42. The van der Waals surface area contributed by atoms with Crippen LogP contribution in [0.5, 0.6) is 0 Å². The molecule has 1 heterocycles. The summed E-state index contributed by atoms with van der Waals surface area (Å²) in [5, 5.41) is 9.15. The Hall–Kier alpha value is -2.09. The zero-order valence-electron chi connectivity index (χ0n) is 8.38. The van der Waals surface area contributed by atoms with Crippen molar-refractivity contribution in [3.8, 4) is 0 Å². The van der Waals surface area contributed by atoms with Gasteiger partial charge in [0.25, 0.3) is 0 Å². The fourth-order valence-electron chi connectivity index (χ4n) is 1.16. The summed E-state index contributed by atoms with van der Waals surface area (Å²) in [6.07, 6.45) is 0. The van der Waals surface area contributed by atoms with Gasteiger partial charge in [0.05, 0.1) is 6.54 Å². The normalized spacial score (nSPS) is 10.6. The smallest absolute Gasteiger partial charge is 0.320 e. The van der Waals surface area contributed by atoms with Gasteiger partial charge in [0.2, 0.25) is 5.89 Å². The summed E-state index contributed by atoms with van der Waals surface area (Å²) in [5.74, 6) is -3.11. The van der Waals surface area contributed by atoms with E-state index in [1.54, 1.807) is 0 Å². The molecule has 90 valence electrons. The number of hydrogen-bond acceptors (Lipinski definition) is 5. The number of anilines is 2. The lowest BCUT2D eigenvalue weighted by Crippen LogP contribution is -1.99. The molecular formula is C9H7F3N4O. The van der Waals surface area contributed by atoms with Crippen LogP contribution in [0.15, 0.2) is 16.5 Å². The Morgan fingerprint density at radius 1 is 1.18 bits per heavy atom. The van der Waals surface area contributed by atoms with Crippen molar-refractivity contribution in [1.82, 2.24) is 10.2 Å². The minimum Gasteiger partial charge on any atom is -0.406 e. The fraction of sp³-hybridized carbons (Fsp3) is 0.111. The van der Waals surface area contributed by atoms with Crippen LogP contribution in [0.2, 0.25) is 0 Å². The van der Waals surface area contributed by atoms with E-state index in [1.165, 1.54) is 0 Å². The summed E-state index contributed by atoms with van der Waals surface area (Å²) < 4.78 is 44.0. The zero-order valence-corrected chi connectivity index (χ0v) is 8.38. The number of halogens is 3. The van der Waals surface area contributed by atoms with E-state index in [0.717, 1.165) is 0 Å². The van der Waals surface area contributed by atoms with E-state index in [4.69, 9.17) is 10.2 Å². The number of rotatable bonds is 3. The largest absolute Gasteiger partial charge is 0.406 e. The van der Waals surface area contributed by atoms with Crippen molar-refractivity contribution in [2.75, 3.05) is 5.32 Å². The number of aromatic nitrogens is 2. The van der Waals surface area contributed by atoms with Gasteiger partial charge in [0.15, 0.2) is 11.6 Å². The van der Waals surface area contributed by atoms with E-state index in [9.17, 15) is 13.2 Å². The quantitative estimate of drug-likeness (QED) is 0.859. The molecule has 0 unspecified atom stereocenters. The van der Waals surface area contributed by atoms with Crippen LogP contribution in [0.4, 0.5) is 24.9 Å². The molecule has 0 saturated heterocycles. The highest BCUT2D eigenvalue weighted by Crippen LogP contribution is 2.23. The molecule has 0 aliphatic heterocycles. The summed E-state index contributed by atoms with van der Waals surface area (Å²) in [4.78, 5) is 0. The molecule has 0 atom stereocenters. The van der Waals surface area contributed by atoms with Crippen molar-refractivity contribution in [2.45, 2.75) is 6.54 Å². The van der Waals surface area contributed by atoms with Crippen LogP contribution in [-0.2, 0) is 6.54 Å². The summed E-state index contributed by atoms with van der Waals surface area (Å²) in [6, 6.07) is 0.840. The van der Waals surface area contributed by atoms with Gasteiger partial charge in [-0.3, -0.25) is 0 Å². The topological polar surface area (TPSA) is 77.0 Å². The maximum Gasteiger partial charge on any atom is 0.320 e. The lowest BCUT2D eigenvalue weighted by atomic mass is 10.3. The lowest BCUT2D eigenvalue weighted by molar-refractivity contribution is 0.507. The summed E-state index contributed by atoms with van der Waals surface area (Å²) in [5.41, 5.74) is 4.64. The number of hydrogen-bond donors (Lipinski definition) is 2. The third kappa shape index (κ3) is 2.36. The minimum absolute atomic E-state index is 0.00304. The van der Waals surface area contributed by atoms with E-state index in [2.05, 4.69) is 15.5 Å². The zero-order chi connectivity index (χ0) is 12.4. The highest BCUT2D eigenvalue weighted by Gasteiger charge is 2.14. The third-order valence-electron chi connectivity index (χ3n) is 1.88. The highest BCUT2D eigenvalue weighted by molar-refractivity contribution is 5.53. The second-order valence-electron chi connectivity index (χ2n) is 3.07. The Kier molecular flexibility index (Phi) is 2.96. The van der Waals surface area contributed by atoms with Crippen LogP contribution in [0, 0.1) is 17.5 Å². The molecule has 5 nitrogen and oxygen atoms in total. The van der Waals surface area contributed by atoms with Crippen molar-refractivity contribution in [3.63, 3.8) is 0 Å². The van der Waals surface area contributed by atoms with Gasteiger partial charge in [0, 0.05) is 12.1 Å². The summed E-state index contributed by atoms with van der Waals surface area (Å²) >= 11 is 0. The van der Waals surface area contributed by atoms with Crippen LogP contribution < -0.4 is 11.1 Å². The Bertz CT molecular complexity index is 520. The highest BCUT2D eigenvalue weighted by atomic mass is 19.1. The number of nitrogens with one attached hydrogen (secondary N) is 1. The number of nitrogens with zero attached hydrogens (tertiary/aromatic N) is 2. The average Bonchev–Trinajstić information content (AvgIpc) is 2.71. The Morgan fingerprint density at radius 3 is 2.35 bits per heavy atom. The van der Waals surface area contributed by atoms with Gasteiger partial charge in [-0.05, 0) is 0 Å². The number of benzene rings is 1. The molecular weight excluding hydrogens is 237 g/mol. The first kappa shape index (κ1) is 11.4. The molecule has 1 aromatic carbocycles. The first-order valence-corrected chi connectivity index (χ1v) is 4.54. The van der Waals surface area contributed by atoms with E-state index in [1.807, 2.05) is 0 Å². The summed E-state index contributed by atoms with van der Waals surface area (Å²) in [6.45, 7) is 0.00304. The average molecular weight is 244 g/mol. The van der Waals surface area contributed by atoms with Crippen molar-refractivity contribution in [1.29, 1.82) is 0 Å². The van der Waals surface area contributed by atoms with Crippen molar-refractivity contribution in [2.24, 2.45) is 5.73 Å². The first-order chi connectivity index (χ1) is 8.10. The van der Waals surface area contributed by atoms with Gasteiger partial charge in [0.1, 0.15) is 11.5 Å². The van der Waals surface area contributed by atoms with E-state index < -0.39 is 23.1 Å². The predicted molar refractivity (Wildman–Crippen MR) is 51.8 cm³/mol. The van der Waals surface area contributed by atoms with Crippen molar-refractivity contribution in [3.05, 3.63) is 35.5 Å². The molecule has 2 aromatic rings. The van der Waals surface area contributed by atoms with Crippen LogP contribution >= 0.6 is 0 Å². The molecule has 0 amide bonds. The van der Waals surface area contributed by atoms with Gasteiger partial charge < -0.3 is 15.5 Å². The maximum atomic E-state index is 13.2. The van der Waals surface area contributed by atoms with Gasteiger partial charge in [-0.15, -0.1) is 5.10 Å².